The average Bonchev–Trinajstić information content (AvgIpc) is 3.38. The normalized spacial score (nSPS) is 18.7. The third-order valence-corrected chi connectivity index (χ3v) is 5.08. The van der Waals surface area contributed by atoms with Gasteiger partial charge in [0.25, 0.3) is 0 Å². The molecule has 1 aliphatic carbocycles. The van der Waals surface area contributed by atoms with E-state index in [1.807, 2.05) is 6.07 Å². The number of rotatable bonds is 7. The highest BCUT2D eigenvalue weighted by molar-refractivity contribution is 5.92. The van der Waals surface area contributed by atoms with Crippen LogP contribution < -0.4 is 0 Å². The number of carboxylic acid groups (broad SMARTS) is 1. The van der Waals surface area contributed by atoms with Crippen LogP contribution in [-0.2, 0) is 17.8 Å². The van der Waals surface area contributed by atoms with Crippen LogP contribution in [0, 0.1) is 0 Å². The molecule has 6 nitrogen and oxygen atoms in total. The second kappa shape index (κ2) is 7.14. The van der Waals surface area contributed by atoms with Crippen LogP contribution in [0.4, 0.5) is 0 Å². The van der Waals surface area contributed by atoms with E-state index in [2.05, 4.69) is 9.47 Å². The number of aromatic nitrogens is 2. The van der Waals surface area contributed by atoms with Gasteiger partial charge in [-0.1, -0.05) is 6.42 Å². The lowest BCUT2D eigenvalue weighted by atomic mass is 10.1. The predicted octanol–water partition coefficient (Wildman–Crippen LogP) is 2.90. The number of ether oxygens (including phenoxy) is 1. The van der Waals surface area contributed by atoms with Gasteiger partial charge in [0.2, 0.25) is 0 Å². The number of imidazole rings is 1. The van der Waals surface area contributed by atoms with Gasteiger partial charge in [-0.05, 0) is 57.0 Å². The van der Waals surface area contributed by atoms with Gasteiger partial charge in [0, 0.05) is 6.54 Å². The van der Waals surface area contributed by atoms with Crippen molar-refractivity contribution in [3.05, 3.63) is 29.6 Å². The zero-order chi connectivity index (χ0) is 17.2. The second-order valence-corrected chi connectivity index (χ2v) is 7.10. The van der Waals surface area contributed by atoms with E-state index in [0.29, 0.717) is 18.3 Å². The van der Waals surface area contributed by atoms with Crippen molar-refractivity contribution >= 4 is 17.0 Å². The minimum atomic E-state index is -0.901. The van der Waals surface area contributed by atoms with Crippen LogP contribution in [0.1, 0.15) is 48.3 Å². The largest absolute Gasteiger partial charge is 0.478 e. The SMILES string of the molecule is O=C(O)c1ccc2nc(CN3CCCCC3)n(CCOC3CC3)c2c1. The first-order valence-electron chi connectivity index (χ1n) is 9.27. The predicted molar refractivity (Wildman–Crippen MR) is 94.8 cm³/mol. The molecule has 1 aromatic carbocycles. The number of piperidine rings is 1. The van der Waals surface area contributed by atoms with Crippen molar-refractivity contribution in [3.8, 4) is 0 Å². The van der Waals surface area contributed by atoms with E-state index in [1.54, 1.807) is 12.1 Å². The summed E-state index contributed by atoms with van der Waals surface area (Å²) < 4.78 is 7.97. The summed E-state index contributed by atoms with van der Waals surface area (Å²) in [5, 5.41) is 9.30. The molecule has 6 heteroatoms. The van der Waals surface area contributed by atoms with Crippen molar-refractivity contribution in [2.75, 3.05) is 19.7 Å². The minimum Gasteiger partial charge on any atom is -0.478 e. The molecule has 1 saturated heterocycles. The van der Waals surface area contributed by atoms with Crippen LogP contribution in [0.2, 0.25) is 0 Å². The lowest BCUT2D eigenvalue weighted by Crippen LogP contribution is -2.30. The Morgan fingerprint density at radius 3 is 2.76 bits per heavy atom. The number of carboxylic acids is 1. The van der Waals surface area contributed by atoms with Crippen LogP contribution >= 0.6 is 0 Å². The molecule has 1 saturated carbocycles. The van der Waals surface area contributed by atoms with E-state index in [1.165, 1.54) is 19.3 Å². The molecule has 0 spiro atoms. The van der Waals surface area contributed by atoms with E-state index in [9.17, 15) is 9.90 Å². The molecule has 1 aliphatic heterocycles. The van der Waals surface area contributed by atoms with E-state index in [0.717, 1.165) is 55.9 Å². The third-order valence-electron chi connectivity index (χ3n) is 5.08. The molecular formula is C19H25N3O3. The zero-order valence-electron chi connectivity index (χ0n) is 14.5. The van der Waals surface area contributed by atoms with Crippen LogP contribution in [0.15, 0.2) is 18.2 Å². The molecule has 2 aliphatic rings. The number of aromatic carboxylic acids is 1. The maximum absolute atomic E-state index is 11.3. The molecule has 2 fully saturated rings. The molecule has 0 atom stereocenters. The van der Waals surface area contributed by atoms with Gasteiger partial charge in [-0.15, -0.1) is 0 Å². The zero-order valence-corrected chi connectivity index (χ0v) is 14.5. The smallest absolute Gasteiger partial charge is 0.335 e. The number of hydrogen-bond acceptors (Lipinski definition) is 4. The van der Waals surface area contributed by atoms with Crippen LogP contribution in [0.3, 0.4) is 0 Å². The van der Waals surface area contributed by atoms with Crippen molar-refractivity contribution in [3.63, 3.8) is 0 Å². The van der Waals surface area contributed by atoms with Crippen molar-refractivity contribution < 1.29 is 14.6 Å². The molecule has 4 rings (SSSR count). The van der Waals surface area contributed by atoms with Gasteiger partial charge >= 0.3 is 5.97 Å². The van der Waals surface area contributed by atoms with Crippen molar-refractivity contribution in [1.82, 2.24) is 14.5 Å². The van der Waals surface area contributed by atoms with Crippen molar-refractivity contribution in [2.24, 2.45) is 0 Å². The highest BCUT2D eigenvalue weighted by atomic mass is 16.5. The summed E-state index contributed by atoms with van der Waals surface area (Å²) >= 11 is 0. The summed E-state index contributed by atoms with van der Waals surface area (Å²) in [7, 11) is 0. The monoisotopic (exact) mass is 343 g/mol. The van der Waals surface area contributed by atoms with E-state index in [-0.39, 0.29) is 0 Å². The van der Waals surface area contributed by atoms with Gasteiger partial charge in [0.05, 0.1) is 35.9 Å². The Balaban J connectivity index is 1.61. The molecule has 1 aromatic heterocycles. The lowest BCUT2D eigenvalue weighted by molar-refractivity contribution is 0.0697. The molecule has 0 radical (unpaired) electrons. The highest BCUT2D eigenvalue weighted by Crippen LogP contribution is 2.24. The van der Waals surface area contributed by atoms with Gasteiger partial charge < -0.3 is 14.4 Å². The number of hydrogen-bond donors (Lipinski definition) is 1. The summed E-state index contributed by atoms with van der Waals surface area (Å²) in [6.07, 6.45) is 6.55. The van der Waals surface area contributed by atoms with Crippen LogP contribution in [-0.4, -0.2) is 51.3 Å². The Kier molecular flexibility index (Phi) is 4.72. The fraction of sp³-hybridized carbons (Fsp3) is 0.579. The Labute approximate surface area is 147 Å². The third kappa shape index (κ3) is 3.85. The topological polar surface area (TPSA) is 67.6 Å². The van der Waals surface area contributed by atoms with E-state index >= 15 is 0 Å². The minimum absolute atomic E-state index is 0.307. The number of benzene rings is 1. The Bertz CT molecular complexity index is 761. The number of likely N-dealkylation sites (tertiary alicyclic amines) is 1. The first-order chi connectivity index (χ1) is 12.2. The maximum atomic E-state index is 11.3. The number of nitrogens with zero attached hydrogens (tertiary/aromatic N) is 3. The van der Waals surface area contributed by atoms with Gasteiger partial charge in [0.15, 0.2) is 0 Å². The second-order valence-electron chi connectivity index (χ2n) is 7.10. The molecule has 2 heterocycles. The van der Waals surface area contributed by atoms with Gasteiger partial charge in [-0.3, -0.25) is 4.90 Å². The summed E-state index contributed by atoms with van der Waals surface area (Å²) in [5.74, 6) is 0.111. The first-order valence-corrected chi connectivity index (χ1v) is 9.27. The molecule has 1 N–H and O–H groups in total. The number of fused-ring (bicyclic) bond motifs is 1. The van der Waals surface area contributed by atoms with Crippen LogP contribution in [0.5, 0.6) is 0 Å². The van der Waals surface area contributed by atoms with E-state index in [4.69, 9.17) is 9.72 Å². The van der Waals surface area contributed by atoms with Gasteiger partial charge in [-0.2, -0.15) is 0 Å². The maximum Gasteiger partial charge on any atom is 0.335 e. The molecule has 0 unspecified atom stereocenters. The molecular weight excluding hydrogens is 318 g/mol. The number of carbonyl (C=O) groups is 1. The highest BCUT2D eigenvalue weighted by Gasteiger charge is 2.22. The van der Waals surface area contributed by atoms with E-state index < -0.39 is 5.97 Å². The molecule has 134 valence electrons. The molecule has 0 amide bonds. The van der Waals surface area contributed by atoms with Crippen LogP contribution in [0.25, 0.3) is 11.0 Å². The summed E-state index contributed by atoms with van der Waals surface area (Å²) in [6.45, 7) is 4.42. The molecule has 25 heavy (non-hydrogen) atoms. The molecule has 2 aromatic rings. The fourth-order valence-electron chi connectivity index (χ4n) is 3.54. The van der Waals surface area contributed by atoms with Crippen molar-refractivity contribution in [2.45, 2.75) is 51.3 Å². The summed E-state index contributed by atoms with van der Waals surface area (Å²) in [6, 6.07) is 5.19. The summed E-state index contributed by atoms with van der Waals surface area (Å²) in [4.78, 5) is 18.6. The Hall–Kier alpha value is -1.92. The lowest BCUT2D eigenvalue weighted by Gasteiger charge is -2.26. The summed E-state index contributed by atoms with van der Waals surface area (Å²) in [5.41, 5.74) is 2.07. The van der Waals surface area contributed by atoms with Gasteiger partial charge in [-0.25, -0.2) is 9.78 Å². The Morgan fingerprint density at radius 1 is 1.24 bits per heavy atom. The van der Waals surface area contributed by atoms with Crippen molar-refractivity contribution in [1.29, 1.82) is 0 Å². The molecule has 0 bridgehead atoms. The standard InChI is InChI=1S/C19H25N3O3/c23-19(24)14-4-7-16-17(12-14)22(10-11-25-15-5-6-15)18(20-16)13-21-8-2-1-3-9-21/h4,7,12,15H,1-3,5-6,8-11,13H2,(H,23,24). The fourth-order valence-corrected chi connectivity index (χ4v) is 3.54. The van der Waals surface area contributed by atoms with Gasteiger partial charge in [0.1, 0.15) is 5.82 Å². The first kappa shape index (κ1) is 16.5. The Morgan fingerprint density at radius 2 is 2.04 bits per heavy atom. The quantitative estimate of drug-likeness (QED) is 0.837. The average molecular weight is 343 g/mol.